The van der Waals surface area contributed by atoms with Crippen LogP contribution in [0.1, 0.15) is 25.2 Å². The molecule has 2 aromatic heterocycles. The second-order valence-corrected chi connectivity index (χ2v) is 5.42. The molecule has 1 aliphatic heterocycles. The Morgan fingerprint density at radius 1 is 1.40 bits per heavy atom. The number of thiol groups is 1. The summed E-state index contributed by atoms with van der Waals surface area (Å²) >= 11 is 4.31. The first kappa shape index (κ1) is 13.2. The smallest absolute Gasteiger partial charge is 0.250 e. The number of aromatic nitrogens is 4. The Hall–Kier alpha value is -1.82. The van der Waals surface area contributed by atoms with E-state index in [1.807, 2.05) is 30.0 Å². The maximum atomic E-state index is 11.7. The molecule has 0 aromatic carbocycles. The number of hydrogen-bond acceptors (Lipinski definition) is 4. The Labute approximate surface area is 122 Å². The summed E-state index contributed by atoms with van der Waals surface area (Å²) in [5.41, 5.74) is 2.26. The molecule has 0 spiro atoms. The molecule has 2 aromatic rings. The van der Waals surface area contributed by atoms with Gasteiger partial charge in [-0.1, -0.05) is 6.92 Å². The summed E-state index contributed by atoms with van der Waals surface area (Å²) in [6.07, 6.45) is 4.76. The molecular weight excluding hydrogens is 272 g/mol. The van der Waals surface area contributed by atoms with Crippen LogP contribution in [0.2, 0.25) is 0 Å². The fourth-order valence-electron chi connectivity index (χ4n) is 2.54. The average Bonchev–Trinajstić information content (AvgIpc) is 2.79. The van der Waals surface area contributed by atoms with Crippen molar-refractivity contribution in [3.8, 4) is 0 Å². The number of aryl methyl sites for hydroxylation is 1. The SMILES string of the molecule is CCn1cc(C2=Cn3c(S)nnc3CC2C)ccc1=O. The van der Waals surface area contributed by atoms with Crippen LogP contribution in [0, 0.1) is 5.92 Å². The van der Waals surface area contributed by atoms with Crippen molar-refractivity contribution in [1.29, 1.82) is 0 Å². The first-order chi connectivity index (χ1) is 9.60. The topological polar surface area (TPSA) is 52.7 Å². The lowest BCUT2D eigenvalue weighted by molar-refractivity contribution is 0.666. The molecule has 0 aliphatic carbocycles. The third-order valence-electron chi connectivity index (χ3n) is 3.69. The standard InChI is InChI=1S/C14H16N4OS/c1-3-17-7-10(4-5-13(17)19)11-8-18-12(6-9(11)2)15-16-14(18)20/h4-5,7-9H,3,6H2,1-2H3,(H,16,20). The van der Waals surface area contributed by atoms with Gasteiger partial charge in [0.05, 0.1) is 0 Å². The van der Waals surface area contributed by atoms with Crippen molar-refractivity contribution >= 4 is 24.4 Å². The van der Waals surface area contributed by atoms with E-state index in [0.29, 0.717) is 17.6 Å². The number of nitrogens with zero attached hydrogens (tertiary/aromatic N) is 4. The fourth-order valence-corrected chi connectivity index (χ4v) is 2.76. The van der Waals surface area contributed by atoms with Crippen LogP contribution in [-0.4, -0.2) is 19.3 Å². The number of fused-ring (bicyclic) bond motifs is 1. The molecule has 3 heterocycles. The number of hydrogen-bond donors (Lipinski definition) is 1. The van der Waals surface area contributed by atoms with Crippen LogP contribution < -0.4 is 5.56 Å². The molecule has 0 amide bonds. The molecule has 0 radical (unpaired) electrons. The van der Waals surface area contributed by atoms with Crippen molar-refractivity contribution in [3.05, 3.63) is 40.1 Å². The molecule has 104 valence electrons. The minimum Gasteiger partial charge on any atom is -0.315 e. The zero-order valence-corrected chi connectivity index (χ0v) is 12.3. The summed E-state index contributed by atoms with van der Waals surface area (Å²) in [5.74, 6) is 1.26. The molecule has 3 rings (SSSR count). The summed E-state index contributed by atoms with van der Waals surface area (Å²) in [6, 6.07) is 3.50. The van der Waals surface area contributed by atoms with Crippen molar-refractivity contribution in [1.82, 2.24) is 19.3 Å². The van der Waals surface area contributed by atoms with E-state index in [4.69, 9.17) is 0 Å². The third-order valence-corrected chi connectivity index (χ3v) is 4.00. The van der Waals surface area contributed by atoms with Crippen LogP contribution >= 0.6 is 12.6 Å². The molecule has 5 nitrogen and oxygen atoms in total. The first-order valence-electron chi connectivity index (χ1n) is 6.65. The molecule has 1 unspecified atom stereocenters. The van der Waals surface area contributed by atoms with E-state index in [1.54, 1.807) is 10.6 Å². The van der Waals surface area contributed by atoms with Crippen molar-refractivity contribution in [2.75, 3.05) is 0 Å². The predicted molar refractivity (Wildman–Crippen MR) is 80.7 cm³/mol. The van der Waals surface area contributed by atoms with E-state index >= 15 is 0 Å². The second kappa shape index (κ2) is 4.94. The van der Waals surface area contributed by atoms with Gasteiger partial charge in [0.1, 0.15) is 5.82 Å². The van der Waals surface area contributed by atoms with Gasteiger partial charge < -0.3 is 4.57 Å². The molecule has 0 bridgehead atoms. The highest BCUT2D eigenvalue weighted by atomic mass is 32.1. The molecule has 0 N–H and O–H groups in total. The van der Waals surface area contributed by atoms with E-state index in [-0.39, 0.29) is 5.56 Å². The van der Waals surface area contributed by atoms with E-state index in [2.05, 4.69) is 29.7 Å². The van der Waals surface area contributed by atoms with Crippen molar-refractivity contribution < 1.29 is 0 Å². The summed E-state index contributed by atoms with van der Waals surface area (Å²) in [6.45, 7) is 4.79. The maximum absolute atomic E-state index is 11.7. The highest BCUT2D eigenvalue weighted by molar-refractivity contribution is 7.80. The van der Waals surface area contributed by atoms with Crippen molar-refractivity contribution in [3.63, 3.8) is 0 Å². The average molecular weight is 288 g/mol. The zero-order chi connectivity index (χ0) is 14.3. The van der Waals surface area contributed by atoms with Crippen LogP contribution in [0.5, 0.6) is 0 Å². The summed E-state index contributed by atoms with van der Waals surface area (Å²) in [5, 5.41) is 8.70. The van der Waals surface area contributed by atoms with Crippen LogP contribution in [0.3, 0.4) is 0 Å². The van der Waals surface area contributed by atoms with Gasteiger partial charge >= 0.3 is 0 Å². The van der Waals surface area contributed by atoms with Crippen molar-refractivity contribution in [2.45, 2.75) is 32.0 Å². The van der Waals surface area contributed by atoms with Gasteiger partial charge in [0.25, 0.3) is 5.56 Å². The highest BCUT2D eigenvalue weighted by Gasteiger charge is 2.22. The van der Waals surface area contributed by atoms with Crippen LogP contribution in [0.25, 0.3) is 11.8 Å². The maximum Gasteiger partial charge on any atom is 0.250 e. The monoisotopic (exact) mass is 288 g/mol. The molecular formula is C14H16N4OS. The van der Waals surface area contributed by atoms with Gasteiger partial charge in [0.15, 0.2) is 5.16 Å². The number of rotatable bonds is 2. The second-order valence-electron chi connectivity index (χ2n) is 5.02. The lowest BCUT2D eigenvalue weighted by Crippen LogP contribution is -2.19. The molecule has 0 fully saturated rings. The van der Waals surface area contributed by atoms with E-state index < -0.39 is 0 Å². The zero-order valence-electron chi connectivity index (χ0n) is 11.4. The molecule has 1 atom stereocenters. The largest absolute Gasteiger partial charge is 0.315 e. The fraction of sp³-hybridized carbons (Fsp3) is 0.357. The third kappa shape index (κ3) is 2.10. The van der Waals surface area contributed by atoms with Gasteiger partial charge in [0.2, 0.25) is 0 Å². The van der Waals surface area contributed by atoms with E-state index in [9.17, 15) is 4.79 Å². The van der Waals surface area contributed by atoms with Gasteiger partial charge in [-0.3, -0.25) is 9.36 Å². The van der Waals surface area contributed by atoms with Gasteiger partial charge in [-0.2, -0.15) is 0 Å². The first-order valence-corrected chi connectivity index (χ1v) is 7.10. The minimum atomic E-state index is 0.0279. The van der Waals surface area contributed by atoms with Crippen LogP contribution in [0.4, 0.5) is 0 Å². The Kier molecular flexibility index (Phi) is 3.25. The Bertz CT molecular complexity index is 744. The van der Waals surface area contributed by atoms with E-state index in [0.717, 1.165) is 17.8 Å². The van der Waals surface area contributed by atoms with Gasteiger partial charge in [0, 0.05) is 31.4 Å². The minimum absolute atomic E-state index is 0.0279. The normalized spacial score (nSPS) is 17.8. The van der Waals surface area contributed by atoms with Crippen molar-refractivity contribution in [2.24, 2.45) is 5.92 Å². The summed E-state index contributed by atoms with van der Waals surface area (Å²) in [4.78, 5) is 11.7. The van der Waals surface area contributed by atoms with Crippen LogP contribution in [-0.2, 0) is 13.0 Å². The van der Waals surface area contributed by atoms with E-state index in [1.165, 1.54) is 5.57 Å². The van der Waals surface area contributed by atoms with Gasteiger partial charge in [-0.15, -0.1) is 22.8 Å². The summed E-state index contributed by atoms with van der Waals surface area (Å²) in [7, 11) is 0. The molecule has 0 saturated heterocycles. The molecule has 0 saturated carbocycles. The molecule has 6 heteroatoms. The number of allylic oxidation sites excluding steroid dienone is 1. The predicted octanol–water partition coefficient (Wildman–Crippen LogP) is 1.94. The Morgan fingerprint density at radius 3 is 2.95 bits per heavy atom. The van der Waals surface area contributed by atoms with Gasteiger partial charge in [-0.05, 0) is 30.0 Å². The Balaban J connectivity index is 2.12. The Morgan fingerprint density at radius 2 is 2.20 bits per heavy atom. The lowest BCUT2D eigenvalue weighted by atomic mass is 9.91. The molecule has 1 aliphatic rings. The quantitative estimate of drug-likeness (QED) is 0.859. The summed E-state index contributed by atoms with van der Waals surface area (Å²) < 4.78 is 3.62. The molecule has 20 heavy (non-hydrogen) atoms. The lowest BCUT2D eigenvalue weighted by Gasteiger charge is -2.22. The highest BCUT2D eigenvalue weighted by Crippen LogP contribution is 2.31. The van der Waals surface area contributed by atoms with Gasteiger partial charge in [-0.25, -0.2) is 0 Å². The number of pyridine rings is 1. The van der Waals surface area contributed by atoms with Crippen LogP contribution in [0.15, 0.2) is 28.3 Å².